The Hall–Kier alpha value is -2.29. The molecule has 2 rings (SSSR count). The normalized spacial score (nSPS) is 11.4. The number of nitrogens with zero attached hydrogens (tertiary/aromatic N) is 3. The van der Waals surface area contributed by atoms with Crippen molar-refractivity contribution in [1.82, 2.24) is 9.78 Å². The molecular weight excluding hydrogens is 267 g/mol. The molecule has 0 radical (unpaired) electrons. The first kappa shape index (κ1) is 14.1. The number of aryl methyl sites for hydroxylation is 2. The van der Waals surface area contributed by atoms with Gasteiger partial charge in [0.2, 0.25) is 0 Å². The van der Waals surface area contributed by atoms with Crippen molar-refractivity contribution < 1.29 is 13.2 Å². The molecule has 2 aromatic rings. The van der Waals surface area contributed by atoms with Gasteiger partial charge in [-0.15, -0.1) is 0 Å². The van der Waals surface area contributed by atoms with Crippen LogP contribution in [0.3, 0.4) is 0 Å². The molecule has 0 aliphatic carbocycles. The SMILES string of the molecule is CCc1cc(C(F)(F)F)nn1-c1ccc(C#N)c(C)c1. The number of hydrogen-bond acceptors (Lipinski definition) is 2. The molecule has 3 nitrogen and oxygen atoms in total. The maximum atomic E-state index is 12.7. The van der Waals surface area contributed by atoms with Crippen molar-refractivity contribution in [1.29, 1.82) is 5.26 Å². The molecular formula is C14H12F3N3. The van der Waals surface area contributed by atoms with Gasteiger partial charge in [-0.2, -0.15) is 23.5 Å². The molecule has 0 atom stereocenters. The Morgan fingerprint density at radius 1 is 1.30 bits per heavy atom. The second-order valence-electron chi connectivity index (χ2n) is 4.40. The van der Waals surface area contributed by atoms with Crippen LogP contribution >= 0.6 is 0 Å². The predicted octanol–water partition coefficient (Wildman–Crippen LogP) is 3.63. The molecule has 104 valence electrons. The second kappa shape index (κ2) is 5.00. The topological polar surface area (TPSA) is 41.6 Å². The van der Waals surface area contributed by atoms with Gasteiger partial charge in [-0.3, -0.25) is 0 Å². The van der Waals surface area contributed by atoms with E-state index in [1.54, 1.807) is 32.0 Å². The molecule has 0 bridgehead atoms. The van der Waals surface area contributed by atoms with Crippen molar-refractivity contribution in [2.24, 2.45) is 0 Å². The molecule has 0 saturated heterocycles. The van der Waals surface area contributed by atoms with Crippen molar-refractivity contribution in [2.45, 2.75) is 26.4 Å². The minimum Gasteiger partial charge on any atom is -0.237 e. The molecule has 20 heavy (non-hydrogen) atoms. The molecule has 0 aliphatic rings. The van der Waals surface area contributed by atoms with E-state index in [1.807, 2.05) is 6.07 Å². The summed E-state index contributed by atoms with van der Waals surface area (Å²) < 4.78 is 39.4. The van der Waals surface area contributed by atoms with Crippen LogP contribution in [0.2, 0.25) is 0 Å². The van der Waals surface area contributed by atoms with E-state index in [-0.39, 0.29) is 0 Å². The van der Waals surface area contributed by atoms with Crippen molar-refractivity contribution >= 4 is 0 Å². The van der Waals surface area contributed by atoms with Crippen LogP contribution in [0.15, 0.2) is 24.3 Å². The van der Waals surface area contributed by atoms with Crippen LogP contribution in [0.4, 0.5) is 13.2 Å². The highest BCUT2D eigenvalue weighted by atomic mass is 19.4. The molecule has 0 N–H and O–H groups in total. The third-order valence-electron chi connectivity index (χ3n) is 3.01. The number of nitriles is 1. The van der Waals surface area contributed by atoms with Gasteiger partial charge in [-0.25, -0.2) is 4.68 Å². The fraction of sp³-hybridized carbons (Fsp3) is 0.286. The first-order valence-electron chi connectivity index (χ1n) is 6.04. The number of hydrogen-bond donors (Lipinski definition) is 0. The number of benzene rings is 1. The molecule has 0 spiro atoms. The van der Waals surface area contributed by atoms with Crippen LogP contribution in [0.25, 0.3) is 5.69 Å². The van der Waals surface area contributed by atoms with E-state index < -0.39 is 11.9 Å². The molecule has 0 fully saturated rings. The Morgan fingerprint density at radius 3 is 2.50 bits per heavy atom. The fourth-order valence-corrected chi connectivity index (χ4v) is 1.94. The lowest BCUT2D eigenvalue weighted by molar-refractivity contribution is -0.141. The van der Waals surface area contributed by atoms with Gasteiger partial charge in [0.15, 0.2) is 5.69 Å². The summed E-state index contributed by atoms with van der Waals surface area (Å²) >= 11 is 0. The van der Waals surface area contributed by atoms with Gasteiger partial charge in [-0.1, -0.05) is 6.92 Å². The summed E-state index contributed by atoms with van der Waals surface area (Å²) in [6, 6.07) is 7.91. The van der Waals surface area contributed by atoms with Gasteiger partial charge in [0, 0.05) is 5.69 Å². The Balaban J connectivity index is 2.55. The summed E-state index contributed by atoms with van der Waals surface area (Å²) in [6.45, 7) is 3.51. The monoisotopic (exact) mass is 279 g/mol. The van der Waals surface area contributed by atoms with Crippen molar-refractivity contribution in [3.8, 4) is 11.8 Å². The van der Waals surface area contributed by atoms with Crippen molar-refractivity contribution in [3.63, 3.8) is 0 Å². The number of aromatic nitrogens is 2. The standard InChI is InChI=1S/C14H12F3N3/c1-3-11-7-13(14(15,16)17)19-20(11)12-5-4-10(8-18)9(2)6-12/h4-7H,3H2,1-2H3. The zero-order chi connectivity index (χ0) is 14.9. The maximum absolute atomic E-state index is 12.7. The summed E-state index contributed by atoms with van der Waals surface area (Å²) in [7, 11) is 0. The summed E-state index contributed by atoms with van der Waals surface area (Å²) in [6.07, 6.45) is -4.03. The second-order valence-corrected chi connectivity index (χ2v) is 4.40. The average Bonchev–Trinajstić information content (AvgIpc) is 2.82. The van der Waals surface area contributed by atoms with Crippen LogP contribution in [0, 0.1) is 18.3 Å². The summed E-state index contributed by atoms with van der Waals surface area (Å²) in [5.74, 6) is 0. The molecule has 0 amide bonds. The Labute approximate surface area is 114 Å². The van der Waals surface area contributed by atoms with E-state index in [1.165, 1.54) is 4.68 Å². The number of alkyl halides is 3. The first-order chi connectivity index (χ1) is 9.36. The van der Waals surface area contributed by atoms with Gasteiger partial charge in [0.25, 0.3) is 0 Å². The maximum Gasteiger partial charge on any atom is 0.435 e. The molecule has 0 unspecified atom stereocenters. The van der Waals surface area contributed by atoms with Gasteiger partial charge in [0.1, 0.15) is 0 Å². The molecule has 0 aliphatic heterocycles. The molecule has 1 heterocycles. The van der Waals surface area contributed by atoms with E-state index >= 15 is 0 Å². The summed E-state index contributed by atoms with van der Waals surface area (Å²) in [5, 5.41) is 12.5. The average molecular weight is 279 g/mol. The minimum atomic E-state index is -4.46. The van der Waals surface area contributed by atoms with Gasteiger partial charge < -0.3 is 0 Å². The molecule has 1 aromatic heterocycles. The van der Waals surface area contributed by atoms with E-state index in [2.05, 4.69) is 5.10 Å². The molecule has 0 saturated carbocycles. The van der Waals surface area contributed by atoms with E-state index in [0.717, 1.165) is 6.07 Å². The van der Waals surface area contributed by atoms with E-state index in [4.69, 9.17) is 5.26 Å². The Kier molecular flexibility index (Phi) is 3.53. The quantitative estimate of drug-likeness (QED) is 0.842. The zero-order valence-electron chi connectivity index (χ0n) is 11.0. The largest absolute Gasteiger partial charge is 0.435 e. The smallest absolute Gasteiger partial charge is 0.237 e. The fourth-order valence-electron chi connectivity index (χ4n) is 1.94. The number of rotatable bonds is 2. The van der Waals surface area contributed by atoms with Crippen LogP contribution < -0.4 is 0 Å². The third kappa shape index (κ3) is 2.52. The number of halogens is 3. The zero-order valence-corrected chi connectivity index (χ0v) is 11.0. The predicted molar refractivity (Wildman–Crippen MR) is 67.4 cm³/mol. The van der Waals surface area contributed by atoms with Crippen LogP contribution in [-0.2, 0) is 12.6 Å². The highest BCUT2D eigenvalue weighted by Gasteiger charge is 2.34. The third-order valence-corrected chi connectivity index (χ3v) is 3.01. The van der Waals surface area contributed by atoms with Gasteiger partial charge in [0.05, 0.1) is 17.3 Å². The minimum absolute atomic E-state index is 0.433. The lowest BCUT2D eigenvalue weighted by atomic mass is 10.1. The summed E-state index contributed by atoms with van der Waals surface area (Å²) in [4.78, 5) is 0. The summed E-state index contributed by atoms with van der Waals surface area (Å²) in [5.41, 5.74) is 1.29. The van der Waals surface area contributed by atoms with E-state index in [0.29, 0.717) is 28.9 Å². The highest BCUT2D eigenvalue weighted by molar-refractivity contribution is 5.45. The Bertz CT molecular complexity index is 678. The van der Waals surface area contributed by atoms with Gasteiger partial charge >= 0.3 is 6.18 Å². The lowest BCUT2D eigenvalue weighted by Crippen LogP contribution is -2.07. The van der Waals surface area contributed by atoms with Crippen molar-refractivity contribution in [3.05, 3.63) is 46.8 Å². The molecule has 1 aromatic carbocycles. The molecule has 6 heteroatoms. The highest BCUT2D eigenvalue weighted by Crippen LogP contribution is 2.29. The van der Waals surface area contributed by atoms with Crippen LogP contribution in [0.1, 0.15) is 29.4 Å². The van der Waals surface area contributed by atoms with Crippen LogP contribution in [-0.4, -0.2) is 9.78 Å². The van der Waals surface area contributed by atoms with Crippen molar-refractivity contribution in [2.75, 3.05) is 0 Å². The first-order valence-corrected chi connectivity index (χ1v) is 6.04. The van der Waals surface area contributed by atoms with Crippen LogP contribution in [0.5, 0.6) is 0 Å². The van der Waals surface area contributed by atoms with Gasteiger partial charge in [-0.05, 0) is 43.2 Å². The van der Waals surface area contributed by atoms with E-state index in [9.17, 15) is 13.2 Å². The Morgan fingerprint density at radius 2 is 2.00 bits per heavy atom. The lowest BCUT2D eigenvalue weighted by Gasteiger charge is -2.07.